The second-order valence-corrected chi connectivity index (χ2v) is 8.76. The lowest BCUT2D eigenvalue weighted by molar-refractivity contribution is -0.122. The maximum Gasteiger partial charge on any atom is 0.271 e. The highest BCUT2D eigenvalue weighted by Crippen LogP contribution is 2.33. The van der Waals surface area contributed by atoms with Gasteiger partial charge in [0.25, 0.3) is 11.5 Å². The predicted molar refractivity (Wildman–Crippen MR) is 123 cm³/mol. The first-order chi connectivity index (χ1) is 15.1. The highest BCUT2D eigenvalue weighted by Gasteiger charge is 2.32. The quantitative estimate of drug-likeness (QED) is 0.392. The van der Waals surface area contributed by atoms with Crippen molar-refractivity contribution in [1.29, 1.82) is 5.26 Å². The van der Waals surface area contributed by atoms with Crippen LogP contribution in [0.5, 0.6) is 5.88 Å². The monoisotopic (exact) mass is 471 g/mol. The first kappa shape index (κ1) is 23.4. The molecule has 1 amide bonds. The van der Waals surface area contributed by atoms with E-state index in [2.05, 4.69) is 0 Å². The predicted octanol–water partition coefficient (Wildman–Crippen LogP) is 3.27. The first-order valence-corrected chi connectivity index (χ1v) is 10.7. The minimum Gasteiger partial charge on any atom is -0.494 e. The second-order valence-electron chi connectivity index (χ2n) is 7.09. The van der Waals surface area contributed by atoms with Crippen molar-refractivity contribution in [3.8, 4) is 11.9 Å². The van der Waals surface area contributed by atoms with Gasteiger partial charge in [-0.3, -0.25) is 23.9 Å². The van der Waals surface area contributed by atoms with Crippen LogP contribution in [-0.4, -0.2) is 37.1 Å². The topological polar surface area (TPSA) is 103 Å². The lowest BCUT2D eigenvalue weighted by Gasteiger charge is -2.15. The Morgan fingerprint density at radius 3 is 2.59 bits per heavy atom. The molecule has 0 unspecified atom stereocenters. The van der Waals surface area contributed by atoms with Crippen molar-refractivity contribution in [3.63, 3.8) is 0 Å². The Morgan fingerprint density at radius 1 is 1.31 bits per heavy atom. The van der Waals surface area contributed by atoms with Crippen LogP contribution in [0, 0.1) is 24.1 Å². The molecule has 0 spiro atoms. The summed E-state index contributed by atoms with van der Waals surface area (Å²) in [6.07, 6.45) is 1.86. The molecule has 0 radical (unpaired) electrons. The normalized spacial score (nSPS) is 14.8. The number of thiocarbonyl (C=S) groups is 1. The number of thioether (sulfide) groups is 1. The third-order valence-electron chi connectivity index (χ3n) is 5.03. The Hall–Kier alpha value is -3.29. The molecule has 32 heavy (non-hydrogen) atoms. The summed E-state index contributed by atoms with van der Waals surface area (Å²) in [6, 6.07) is 7.47. The van der Waals surface area contributed by atoms with Gasteiger partial charge in [0, 0.05) is 20.0 Å². The number of carbonyl (C=O) groups is 2. The summed E-state index contributed by atoms with van der Waals surface area (Å²) in [4.78, 5) is 39.2. The molecule has 2 aromatic rings. The number of benzene rings is 1. The van der Waals surface area contributed by atoms with Crippen LogP contribution in [0.15, 0.2) is 34.0 Å². The molecule has 1 aliphatic rings. The van der Waals surface area contributed by atoms with Gasteiger partial charge in [0.2, 0.25) is 5.88 Å². The van der Waals surface area contributed by atoms with Crippen molar-refractivity contribution in [2.75, 3.05) is 6.54 Å². The van der Waals surface area contributed by atoms with Crippen molar-refractivity contribution < 1.29 is 19.1 Å². The highest BCUT2D eigenvalue weighted by molar-refractivity contribution is 8.26. The summed E-state index contributed by atoms with van der Waals surface area (Å²) in [5.74, 6) is -1.62. The van der Waals surface area contributed by atoms with Crippen molar-refractivity contribution in [3.05, 3.63) is 67.6 Å². The number of aromatic nitrogens is 1. The van der Waals surface area contributed by atoms with Gasteiger partial charge in [-0.05, 0) is 42.7 Å². The zero-order valence-corrected chi connectivity index (χ0v) is 18.8. The third kappa shape index (κ3) is 4.49. The number of rotatable bonds is 6. The number of hydrogen-bond donors (Lipinski definition) is 1. The summed E-state index contributed by atoms with van der Waals surface area (Å²) in [5.41, 5.74) is -0.159. The van der Waals surface area contributed by atoms with Crippen LogP contribution in [0.1, 0.15) is 39.9 Å². The molecule has 1 fully saturated rings. The average molecular weight is 472 g/mol. The molecule has 164 valence electrons. The fraction of sp³-hybridized carbons (Fsp3) is 0.227. The van der Waals surface area contributed by atoms with Crippen LogP contribution in [0.25, 0.3) is 6.08 Å². The summed E-state index contributed by atoms with van der Waals surface area (Å²) in [7, 11) is 1.28. The molecule has 10 heteroatoms. The van der Waals surface area contributed by atoms with E-state index < -0.39 is 17.2 Å². The van der Waals surface area contributed by atoms with Crippen molar-refractivity contribution in [2.24, 2.45) is 7.05 Å². The molecule has 3 rings (SSSR count). The molecule has 2 heterocycles. The SMILES string of the molecule is Cc1c(C(=O)CCCN2C(=O)/C(=C/c3ccc(F)cc3)SC2=S)c(O)n(C)c(=O)c1C#N. The molecule has 0 atom stereocenters. The van der Waals surface area contributed by atoms with Crippen LogP contribution in [0.2, 0.25) is 0 Å². The lowest BCUT2D eigenvalue weighted by atomic mass is 9.99. The van der Waals surface area contributed by atoms with E-state index in [0.29, 0.717) is 14.8 Å². The lowest BCUT2D eigenvalue weighted by Crippen LogP contribution is -2.29. The number of hydrogen-bond acceptors (Lipinski definition) is 7. The number of carbonyl (C=O) groups excluding carboxylic acids is 2. The Labute approximate surface area is 192 Å². The van der Waals surface area contributed by atoms with Crippen LogP contribution in [0.3, 0.4) is 0 Å². The number of Topliss-reactive ketones (excluding diaryl/α,β-unsaturated/α-hetero) is 1. The molecule has 1 aromatic carbocycles. The van der Waals surface area contributed by atoms with E-state index in [-0.39, 0.29) is 47.8 Å². The average Bonchev–Trinajstić information content (AvgIpc) is 3.01. The van der Waals surface area contributed by atoms with Gasteiger partial charge in [-0.25, -0.2) is 4.39 Å². The van der Waals surface area contributed by atoms with Crippen LogP contribution in [-0.2, 0) is 11.8 Å². The molecule has 7 nitrogen and oxygen atoms in total. The largest absolute Gasteiger partial charge is 0.494 e. The fourth-order valence-electron chi connectivity index (χ4n) is 3.28. The first-order valence-electron chi connectivity index (χ1n) is 9.52. The zero-order valence-electron chi connectivity index (χ0n) is 17.2. The maximum atomic E-state index is 13.1. The second kappa shape index (κ2) is 9.46. The Kier molecular flexibility index (Phi) is 6.91. The Morgan fingerprint density at radius 2 is 1.97 bits per heavy atom. The van der Waals surface area contributed by atoms with Gasteiger partial charge in [-0.2, -0.15) is 5.26 Å². The van der Waals surface area contributed by atoms with E-state index in [1.54, 1.807) is 24.3 Å². The van der Waals surface area contributed by atoms with Crippen molar-refractivity contribution >= 4 is 46.1 Å². The number of nitriles is 1. The molecule has 0 bridgehead atoms. The number of ketones is 1. The summed E-state index contributed by atoms with van der Waals surface area (Å²) in [5, 5.41) is 19.5. The molecule has 0 aliphatic carbocycles. The van der Waals surface area contributed by atoms with E-state index >= 15 is 0 Å². The molecule has 1 N–H and O–H groups in total. The molecular weight excluding hydrogens is 453 g/mol. The number of nitrogens with zero attached hydrogens (tertiary/aromatic N) is 3. The van der Waals surface area contributed by atoms with E-state index in [4.69, 9.17) is 12.2 Å². The smallest absolute Gasteiger partial charge is 0.271 e. The summed E-state index contributed by atoms with van der Waals surface area (Å²) >= 11 is 6.40. The molecule has 1 aromatic heterocycles. The van der Waals surface area contributed by atoms with Gasteiger partial charge in [0.05, 0.1) is 10.5 Å². The zero-order chi connectivity index (χ0) is 23.6. The van der Waals surface area contributed by atoms with E-state index in [9.17, 15) is 29.1 Å². The molecule has 0 saturated carbocycles. The number of amides is 1. The molecular formula is C22H18FN3O4S2. The van der Waals surface area contributed by atoms with Gasteiger partial charge in [0.1, 0.15) is 21.8 Å². The third-order valence-corrected chi connectivity index (χ3v) is 6.41. The van der Waals surface area contributed by atoms with E-state index in [0.717, 1.165) is 16.3 Å². The minimum atomic E-state index is -0.676. The molecule has 1 saturated heterocycles. The van der Waals surface area contributed by atoms with E-state index in [1.165, 1.54) is 31.0 Å². The molecule has 1 aliphatic heterocycles. The maximum absolute atomic E-state index is 13.1. The Bertz CT molecular complexity index is 1260. The van der Waals surface area contributed by atoms with Gasteiger partial charge in [-0.1, -0.05) is 36.1 Å². The Balaban J connectivity index is 1.70. The number of aromatic hydroxyl groups is 1. The summed E-state index contributed by atoms with van der Waals surface area (Å²) < 4.78 is 14.3. The number of pyridine rings is 1. The van der Waals surface area contributed by atoms with Gasteiger partial charge in [0.15, 0.2) is 5.78 Å². The highest BCUT2D eigenvalue weighted by atomic mass is 32.2. The van der Waals surface area contributed by atoms with Crippen LogP contribution < -0.4 is 5.56 Å². The number of halogens is 1. The van der Waals surface area contributed by atoms with Crippen LogP contribution in [0.4, 0.5) is 4.39 Å². The minimum absolute atomic E-state index is 0.0223. The fourth-order valence-corrected chi connectivity index (χ4v) is 4.58. The van der Waals surface area contributed by atoms with Gasteiger partial charge < -0.3 is 5.11 Å². The standard InChI is InChI=1S/C22H18FN3O4S2/c1-12-15(11-24)19(28)25(2)21(30)18(12)16(27)4-3-9-26-20(29)17(32-22(26)31)10-13-5-7-14(23)8-6-13/h5-8,10,30H,3-4,9H2,1-2H3/b17-10-. The van der Waals surface area contributed by atoms with Crippen molar-refractivity contribution in [2.45, 2.75) is 19.8 Å². The van der Waals surface area contributed by atoms with Gasteiger partial charge >= 0.3 is 0 Å². The van der Waals surface area contributed by atoms with E-state index in [1.807, 2.05) is 0 Å². The summed E-state index contributed by atoms with van der Waals surface area (Å²) in [6.45, 7) is 1.63. The van der Waals surface area contributed by atoms with Crippen molar-refractivity contribution in [1.82, 2.24) is 9.47 Å². The van der Waals surface area contributed by atoms with Crippen LogP contribution >= 0.6 is 24.0 Å². The van der Waals surface area contributed by atoms with Gasteiger partial charge in [-0.15, -0.1) is 0 Å².